The van der Waals surface area contributed by atoms with E-state index in [2.05, 4.69) is 40.6 Å². The summed E-state index contributed by atoms with van der Waals surface area (Å²) >= 11 is 1.82. The van der Waals surface area contributed by atoms with E-state index in [0.717, 1.165) is 28.6 Å². The number of hydrogen-bond acceptors (Lipinski definition) is 3. The maximum Gasteiger partial charge on any atom is 0.260 e. The highest BCUT2D eigenvalue weighted by Gasteiger charge is 2.34. The van der Waals surface area contributed by atoms with Gasteiger partial charge in [0.2, 0.25) is 0 Å². The second-order valence-electron chi connectivity index (χ2n) is 6.54. The molecule has 3 nitrogen and oxygen atoms in total. The molecule has 0 radical (unpaired) electrons. The van der Waals surface area contributed by atoms with E-state index >= 15 is 0 Å². The standard InChI is InChI=1S/C20H18N2OS/c23-20-15-7-1-5-14-6-2-8-17(19(14)15)22(20)13-21-11-3-9-16(21)18-10-4-12-24-18/h1-2,4-8,10,12,16H,3,9,11,13H2/t16-/m0/s1. The highest BCUT2D eigenvalue weighted by atomic mass is 32.1. The van der Waals surface area contributed by atoms with Crippen molar-refractivity contribution in [2.75, 3.05) is 18.1 Å². The Morgan fingerprint density at radius 2 is 1.96 bits per heavy atom. The summed E-state index contributed by atoms with van der Waals surface area (Å²) in [6, 6.07) is 17.0. The van der Waals surface area contributed by atoms with Crippen molar-refractivity contribution in [2.24, 2.45) is 0 Å². The molecule has 0 unspecified atom stereocenters. The number of carbonyl (C=O) groups is 1. The summed E-state index contributed by atoms with van der Waals surface area (Å²) in [5, 5.41) is 4.40. The van der Waals surface area contributed by atoms with Crippen LogP contribution in [0.2, 0.25) is 0 Å². The minimum absolute atomic E-state index is 0.138. The monoisotopic (exact) mass is 334 g/mol. The topological polar surface area (TPSA) is 23.6 Å². The molecule has 1 saturated heterocycles. The van der Waals surface area contributed by atoms with Crippen LogP contribution in [0, 0.1) is 0 Å². The molecule has 1 amide bonds. The zero-order valence-electron chi connectivity index (χ0n) is 13.3. The van der Waals surface area contributed by atoms with Gasteiger partial charge in [-0.05, 0) is 41.8 Å². The number of rotatable bonds is 3. The lowest BCUT2D eigenvalue weighted by molar-refractivity contribution is 0.0971. The number of likely N-dealkylation sites (tertiary alicyclic amines) is 1. The van der Waals surface area contributed by atoms with Crippen molar-refractivity contribution < 1.29 is 4.79 Å². The van der Waals surface area contributed by atoms with Crippen LogP contribution >= 0.6 is 11.3 Å². The third-order valence-corrected chi connectivity index (χ3v) is 6.18. The van der Waals surface area contributed by atoms with Gasteiger partial charge in [-0.1, -0.05) is 30.3 Å². The maximum absolute atomic E-state index is 13.0. The molecule has 24 heavy (non-hydrogen) atoms. The van der Waals surface area contributed by atoms with Gasteiger partial charge in [-0.15, -0.1) is 11.3 Å². The van der Waals surface area contributed by atoms with Crippen molar-refractivity contribution in [2.45, 2.75) is 18.9 Å². The summed E-state index contributed by atoms with van der Waals surface area (Å²) in [6.07, 6.45) is 2.38. The third kappa shape index (κ3) is 2.03. The highest BCUT2D eigenvalue weighted by Crippen LogP contribution is 2.40. The molecule has 0 spiro atoms. The Morgan fingerprint density at radius 1 is 1.08 bits per heavy atom. The molecular formula is C20H18N2OS. The molecule has 0 bridgehead atoms. The molecule has 1 aromatic heterocycles. The molecular weight excluding hydrogens is 316 g/mol. The molecule has 4 heteroatoms. The molecule has 0 saturated carbocycles. The Morgan fingerprint density at radius 3 is 2.79 bits per heavy atom. The summed E-state index contributed by atoms with van der Waals surface area (Å²) < 4.78 is 0. The first-order valence-electron chi connectivity index (χ1n) is 8.44. The summed E-state index contributed by atoms with van der Waals surface area (Å²) in [6.45, 7) is 1.73. The minimum Gasteiger partial charge on any atom is -0.294 e. The number of benzene rings is 2. The van der Waals surface area contributed by atoms with E-state index in [-0.39, 0.29) is 5.91 Å². The Hall–Kier alpha value is -2.17. The molecule has 1 fully saturated rings. The normalized spacial score (nSPS) is 20.4. The Bertz CT molecular complexity index is 913. The van der Waals surface area contributed by atoms with Crippen LogP contribution in [0.15, 0.2) is 53.9 Å². The van der Waals surface area contributed by atoms with Crippen LogP contribution in [0.3, 0.4) is 0 Å². The Balaban J connectivity index is 1.50. The molecule has 2 aromatic carbocycles. The van der Waals surface area contributed by atoms with E-state index in [4.69, 9.17) is 0 Å². The summed E-state index contributed by atoms with van der Waals surface area (Å²) in [5.41, 5.74) is 1.90. The van der Waals surface area contributed by atoms with Gasteiger partial charge in [0, 0.05) is 28.4 Å². The van der Waals surface area contributed by atoms with Gasteiger partial charge in [-0.2, -0.15) is 0 Å². The SMILES string of the molecule is O=C1c2cccc3cccc(c23)N1CN1CCC[C@H]1c1cccs1. The van der Waals surface area contributed by atoms with Crippen LogP contribution in [0.5, 0.6) is 0 Å². The first-order valence-corrected chi connectivity index (χ1v) is 9.32. The summed E-state index contributed by atoms with van der Waals surface area (Å²) in [7, 11) is 0. The van der Waals surface area contributed by atoms with Gasteiger partial charge in [-0.25, -0.2) is 0 Å². The fourth-order valence-electron chi connectivity index (χ4n) is 4.10. The maximum atomic E-state index is 13.0. The Kier molecular flexibility index (Phi) is 3.21. The molecule has 1 atom stereocenters. The lowest BCUT2D eigenvalue weighted by Crippen LogP contribution is -2.39. The third-order valence-electron chi connectivity index (χ3n) is 5.21. The average molecular weight is 334 g/mol. The van der Waals surface area contributed by atoms with Crippen LogP contribution in [0.4, 0.5) is 5.69 Å². The number of amides is 1. The molecule has 2 aliphatic heterocycles. The summed E-state index contributed by atoms with van der Waals surface area (Å²) in [5.74, 6) is 0.138. The summed E-state index contributed by atoms with van der Waals surface area (Å²) in [4.78, 5) is 18.8. The first kappa shape index (κ1) is 14.2. The van der Waals surface area contributed by atoms with Gasteiger partial charge < -0.3 is 0 Å². The van der Waals surface area contributed by atoms with E-state index in [9.17, 15) is 4.79 Å². The van der Waals surface area contributed by atoms with Crippen molar-refractivity contribution in [3.63, 3.8) is 0 Å². The van der Waals surface area contributed by atoms with Gasteiger partial charge in [0.25, 0.3) is 5.91 Å². The number of thiophene rings is 1. The van der Waals surface area contributed by atoms with Gasteiger partial charge in [0.15, 0.2) is 0 Å². The number of anilines is 1. The fraction of sp³-hybridized carbons (Fsp3) is 0.250. The van der Waals surface area contributed by atoms with Gasteiger partial charge >= 0.3 is 0 Å². The number of hydrogen-bond donors (Lipinski definition) is 0. The van der Waals surface area contributed by atoms with Crippen molar-refractivity contribution in [3.05, 3.63) is 64.4 Å². The second kappa shape index (κ2) is 5.43. The van der Waals surface area contributed by atoms with Crippen LogP contribution in [-0.4, -0.2) is 24.0 Å². The molecule has 3 heterocycles. The lowest BCUT2D eigenvalue weighted by Gasteiger charge is -2.29. The van der Waals surface area contributed by atoms with E-state index < -0.39 is 0 Å². The van der Waals surface area contributed by atoms with Crippen molar-refractivity contribution in [1.82, 2.24) is 4.90 Å². The zero-order chi connectivity index (χ0) is 16.1. The number of carbonyl (C=O) groups excluding carboxylic acids is 1. The van der Waals surface area contributed by atoms with Gasteiger partial charge in [0.05, 0.1) is 12.4 Å². The molecule has 0 N–H and O–H groups in total. The largest absolute Gasteiger partial charge is 0.294 e. The molecule has 0 aliphatic carbocycles. The predicted molar refractivity (Wildman–Crippen MR) is 98.6 cm³/mol. The van der Waals surface area contributed by atoms with E-state index in [0.29, 0.717) is 12.7 Å². The molecule has 2 aliphatic rings. The van der Waals surface area contributed by atoms with Crippen molar-refractivity contribution in [1.29, 1.82) is 0 Å². The molecule has 3 aromatic rings. The minimum atomic E-state index is 0.138. The fourth-order valence-corrected chi connectivity index (χ4v) is 5.00. The highest BCUT2D eigenvalue weighted by molar-refractivity contribution is 7.10. The van der Waals surface area contributed by atoms with Crippen LogP contribution in [0.25, 0.3) is 10.8 Å². The molecule has 5 rings (SSSR count). The average Bonchev–Trinajstić information content (AvgIpc) is 3.33. The van der Waals surface area contributed by atoms with Crippen LogP contribution < -0.4 is 4.90 Å². The van der Waals surface area contributed by atoms with E-state index in [1.54, 1.807) is 0 Å². The quantitative estimate of drug-likeness (QED) is 0.696. The predicted octanol–water partition coefficient (Wildman–Crippen LogP) is 4.66. The van der Waals surface area contributed by atoms with Crippen molar-refractivity contribution >= 4 is 33.7 Å². The Labute approximate surface area is 145 Å². The molecule has 120 valence electrons. The lowest BCUT2D eigenvalue weighted by atomic mass is 10.1. The van der Waals surface area contributed by atoms with Gasteiger partial charge in [-0.3, -0.25) is 14.6 Å². The second-order valence-corrected chi connectivity index (χ2v) is 7.52. The van der Waals surface area contributed by atoms with Gasteiger partial charge in [0.1, 0.15) is 0 Å². The van der Waals surface area contributed by atoms with E-state index in [1.165, 1.54) is 17.7 Å². The van der Waals surface area contributed by atoms with Crippen LogP contribution in [-0.2, 0) is 0 Å². The number of nitrogens with zero attached hydrogens (tertiary/aromatic N) is 2. The zero-order valence-corrected chi connectivity index (χ0v) is 14.1. The van der Waals surface area contributed by atoms with E-state index in [1.807, 2.05) is 34.4 Å². The smallest absolute Gasteiger partial charge is 0.260 e. The van der Waals surface area contributed by atoms with Crippen molar-refractivity contribution in [3.8, 4) is 0 Å². The first-order chi connectivity index (χ1) is 11.8. The van der Waals surface area contributed by atoms with Crippen LogP contribution in [0.1, 0.15) is 34.1 Å².